The fraction of sp³-hybridized carbons (Fsp3) is 0.462. The first-order chi connectivity index (χ1) is 7.70. The Hall–Kier alpha value is -1.35. The van der Waals surface area contributed by atoms with E-state index in [2.05, 4.69) is 0 Å². The largest absolute Gasteiger partial charge is 0.478 e. The number of hydrogen-bond acceptors (Lipinski definition) is 2. The molecule has 1 aromatic rings. The Morgan fingerprint density at radius 2 is 1.88 bits per heavy atom. The van der Waals surface area contributed by atoms with Gasteiger partial charge in [-0.3, -0.25) is 0 Å². The molecule has 2 rings (SSSR count). The maximum atomic E-state index is 11.1. The first-order valence-corrected chi connectivity index (χ1v) is 5.70. The lowest BCUT2D eigenvalue weighted by molar-refractivity contribution is 0.0689. The van der Waals surface area contributed by atoms with Crippen molar-refractivity contribution >= 4 is 5.97 Å². The summed E-state index contributed by atoms with van der Waals surface area (Å²) in [6, 6.07) is 6.99. The Balaban J connectivity index is 2.34. The van der Waals surface area contributed by atoms with Gasteiger partial charge in [0.2, 0.25) is 0 Å². The van der Waals surface area contributed by atoms with Crippen molar-refractivity contribution in [1.29, 1.82) is 0 Å². The third-order valence-electron chi connectivity index (χ3n) is 3.32. The van der Waals surface area contributed by atoms with Gasteiger partial charge in [-0.15, -0.1) is 0 Å². The minimum absolute atomic E-state index is 0.0129. The van der Waals surface area contributed by atoms with Crippen LogP contribution in [0.4, 0.5) is 0 Å². The molecule has 0 amide bonds. The molecule has 0 aliphatic heterocycles. The van der Waals surface area contributed by atoms with E-state index >= 15 is 0 Å². The second-order valence-corrected chi connectivity index (χ2v) is 4.35. The van der Waals surface area contributed by atoms with Crippen molar-refractivity contribution in [2.45, 2.75) is 37.7 Å². The lowest BCUT2D eigenvalue weighted by Gasteiger charge is -2.28. The number of aliphatic hydroxyl groups excluding tert-OH is 1. The van der Waals surface area contributed by atoms with E-state index in [-0.39, 0.29) is 5.92 Å². The highest BCUT2D eigenvalue weighted by Crippen LogP contribution is 2.34. The van der Waals surface area contributed by atoms with Crippen LogP contribution in [0.15, 0.2) is 24.3 Å². The van der Waals surface area contributed by atoms with Gasteiger partial charge in [-0.25, -0.2) is 4.79 Å². The Morgan fingerprint density at radius 3 is 2.56 bits per heavy atom. The molecule has 1 saturated carbocycles. The van der Waals surface area contributed by atoms with Crippen molar-refractivity contribution in [2.75, 3.05) is 0 Å². The molecule has 3 nitrogen and oxygen atoms in total. The second kappa shape index (κ2) is 4.66. The van der Waals surface area contributed by atoms with Crippen molar-refractivity contribution in [1.82, 2.24) is 0 Å². The second-order valence-electron chi connectivity index (χ2n) is 4.35. The van der Waals surface area contributed by atoms with Gasteiger partial charge in [-0.05, 0) is 24.5 Å². The molecule has 1 aliphatic rings. The van der Waals surface area contributed by atoms with Crippen molar-refractivity contribution in [3.8, 4) is 0 Å². The van der Waals surface area contributed by atoms with Crippen molar-refractivity contribution in [3.63, 3.8) is 0 Å². The van der Waals surface area contributed by atoms with Crippen LogP contribution < -0.4 is 0 Å². The van der Waals surface area contributed by atoms with Crippen LogP contribution in [0.5, 0.6) is 0 Å². The standard InChI is InChI=1S/C13H16O3/c14-12-8-4-3-6-10(12)9-5-1-2-7-11(9)13(15)16/h1-2,5,7,10,12,14H,3-4,6,8H2,(H,15,16)/t10-,12+/m0/s1. The van der Waals surface area contributed by atoms with E-state index in [1.807, 2.05) is 12.1 Å². The lowest BCUT2D eigenvalue weighted by Crippen LogP contribution is -2.24. The SMILES string of the molecule is O=C(O)c1ccccc1[C@@H]1CCCC[C@H]1O. The van der Waals surface area contributed by atoms with E-state index in [1.165, 1.54) is 0 Å². The molecular formula is C13H16O3. The van der Waals surface area contributed by atoms with Gasteiger partial charge >= 0.3 is 5.97 Å². The van der Waals surface area contributed by atoms with Crippen LogP contribution in [0.1, 0.15) is 47.5 Å². The Labute approximate surface area is 94.7 Å². The molecule has 0 unspecified atom stereocenters. The molecule has 0 spiro atoms. The molecule has 0 bridgehead atoms. The summed E-state index contributed by atoms with van der Waals surface area (Å²) in [4.78, 5) is 11.1. The summed E-state index contributed by atoms with van der Waals surface area (Å²) in [7, 11) is 0. The topological polar surface area (TPSA) is 57.5 Å². The first-order valence-electron chi connectivity index (χ1n) is 5.70. The third kappa shape index (κ3) is 2.09. The number of hydrogen-bond donors (Lipinski definition) is 2. The molecule has 2 N–H and O–H groups in total. The van der Waals surface area contributed by atoms with Crippen LogP contribution in [-0.2, 0) is 0 Å². The predicted molar refractivity (Wildman–Crippen MR) is 60.6 cm³/mol. The molecule has 1 aromatic carbocycles. The third-order valence-corrected chi connectivity index (χ3v) is 3.32. The molecule has 0 radical (unpaired) electrons. The normalized spacial score (nSPS) is 25.3. The van der Waals surface area contributed by atoms with Crippen LogP contribution in [-0.4, -0.2) is 22.3 Å². The molecule has 1 aliphatic carbocycles. The van der Waals surface area contributed by atoms with E-state index in [0.717, 1.165) is 31.2 Å². The average molecular weight is 220 g/mol. The van der Waals surface area contributed by atoms with E-state index < -0.39 is 12.1 Å². The van der Waals surface area contributed by atoms with Gasteiger partial charge in [0.05, 0.1) is 11.7 Å². The lowest BCUT2D eigenvalue weighted by atomic mass is 9.80. The minimum atomic E-state index is -0.909. The van der Waals surface area contributed by atoms with Crippen molar-refractivity contribution in [2.24, 2.45) is 0 Å². The molecule has 0 heterocycles. The molecule has 0 saturated heterocycles. The van der Waals surface area contributed by atoms with Gasteiger partial charge in [-0.2, -0.15) is 0 Å². The monoisotopic (exact) mass is 220 g/mol. The molecule has 16 heavy (non-hydrogen) atoms. The van der Waals surface area contributed by atoms with Gasteiger partial charge in [0.25, 0.3) is 0 Å². The van der Waals surface area contributed by atoms with Gasteiger partial charge < -0.3 is 10.2 Å². The highest BCUT2D eigenvalue weighted by Gasteiger charge is 2.27. The summed E-state index contributed by atoms with van der Waals surface area (Å²) in [6.07, 6.45) is 3.36. The van der Waals surface area contributed by atoms with Crippen molar-refractivity contribution in [3.05, 3.63) is 35.4 Å². The fourth-order valence-corrected chi connectivity index (χ4v) is 2.49. The summed E-state index contributed by atoms with van der Waals surface area (Å²) < 4.78 is 0. The van der Waals surface area contributed by atoms with Gasteiger partial charge in [0.15, 0.2) is 0 Å². The summed E-state index contributed by atoms with van der Waals surface area (Å²) in [5, 5.41) is 19.0. The van der Waals surface area contributed by atoms with E-state index in [4.69, 9.17) is 5.11 Å². The Morgan fingerprint density at radius 1 is 1.19 bits per heavy atom. The van der Waals surface area contributed by atoms with Crippen LogP contribution in [0, 0.1) is 0 Å². The first kappa shape index (κ1) is 11.1. The molecule has 1 fully saturated rings. The van der Waals surface area contributed by atoms with Crippen LogP contribution in [0.2, 0.25) is 0 Å². The van der Waals surface area contributed by atoms with Gasteiger partial charge in [0, 0.05) is 5.92 Å². The average Bonchev–Trinajstić information content (AvgIpc) is 2.29. The molecule has 2 atom stereocenters. The number of carboxylic acids is 1. The highest BCUT2D eigenvalue weighted by atomic mass is 16.4. The predicted octanol–water partition coefficient (Wildman–Crippen LogP) is 2.40. The number of aromatic carboxylic acids is 1. The maximum Gasteiger partial charge on any atom is 0.335 e. The molecular weight excluding hydrogens is 204 g/mol. The minimum Gasteiger partial charge on any atom is -0.478 e. The zero-order valence-electron chi connectivity index (χ0n) is 9.10. The molecule has 86 valence electrons. The van der Waals surface area contributed by atoms with Crippen LogP contribution in [0.25, 0.3) is 0 Å². The summed E-state index contributed by atoms with van der Waals surface area (Å²) in [5.74, 6) is -0.922. The zero-order valence-corrected chi connectivity index (χ0v) is 9.10. The number of carboxylic acid groups (broad SMARTS) is 1. The summed E-state index contributed by atoms with van der Waals surface area (Å²) in [5.41, 5.74) is 1.11. The van der Waals surface area contributed by atoms with Crippen molar-refractivity contribution < 1.29 is 15.0 Å². The number of benzene rings is 1. The fourth-order valence-electron chi connectivity index (χ4n) is 2.49. The molecule has 0 aromatic heterocycles. The van der Waals surface area contributed by atoms with Crippen LogP contribution >= 0.6 is 0 Å². The Bertz CT molecular complexity index is 387. The number of rotatable bonds is 2. The highest BCUT2D eigenvalue weighted by molar-refractivity contribution is 5.89. The maximum absolute atomic E-state index is 11.1. The van der Waals surface area contributed by atoms with Gasteiger partial charge in [-0.1, -0.05) is 31.0 Å². The number of carbonyl (C=O) groups is 1. The summed E-state index contributed by atoms with van der Waals surface area (Å²) in [6.45, 7) is 0. The van der Waals surface area contributed by atoms with Crippen LogP contribution in [0.3, 0.4) is 0 Å². The number of aliphatic hydroxyl groups is 1. The van der Waals surface area contributed by atoms with E-state index in [9.17, 15) is 9.90 Å². The quantitative estimate of drug-likeness (QED) is 0.804. The van der Waals surface area contributed by atoms with E-state index in [0.29, 0.717) is 5.56 Å². The smallest absolute Gasteiger partial charge is 0.335 e. The Kier molecular flexibility index (Phi) is 3.25. The zero-order chi connectivity index (χ0) is 11.5. The molecule has 3 heteroatoms. The van der Waals surface area contributed by atoms with E-state index in [1.54, 1.807) is 12.1 Å². The summed E-state index contributed by atoms with van der Waals surface area (Å²) >= 11 is 0. The van der Waals surface area contributed by atoms with Gasteiger partial charge in [0.1, 0.15) is 0 Å².